The molecule has 0 spiro atoms. The predicted octanol–water partition coefficient (Wildman–Crippen LogP) is 9.10. The van der Waals surface area contributed by atoms with Crippen LogP contribution in [0.5, 0.6) is 11.5 Å². The summed E-state index contributed by atoms with van der Waals surface area (Å²) < 4.78 is 9.84. The molecule has 0 radical (unpaired) electrons. The molecule has 0 saturated heterocycles. The van der Waals surface area contributed by atoms with Crippen molar-refractivity contribution in [2.75, 3.05) is 24.0 Å². The molecule has 14 rings (SSSR count). The monoisotopic (exact) mass is 1060 g/mol. The number of fused-ring (bicyclic) bond motifs is 2. The van der Waals surface area contributed by atoms with Crippen molar-refractivity contribution in [3.8, 4) is 34.0 Å². The van der Waals surface area contributed by atoms with E-state index in [-0.39, 0.29) is 45.8 Å². The average Bonchev–Trinajstić information content (AvgIpc) is 4.11. The van der Waals surface area contributed by atoms with Crippen LogP contribution in [0.3, 0.4) is 0 Å². The maximum atomic E-state index is 13.0. The number of alkyl halides is 1. The Labute approximate surface area is 434 Å². The molecule has 2 aromatic carbocycles. The lowest BCUT2D eigenvalue weighted by Crippen LogP contribution is -2.69. The van der Waals surface area contributed by atoms with Gasteiger partial charge in [-0.25, -0.2) is 29.5 Å². The Hall–Kier alpha value is -5.79. The minimum Gasteiger partial charge on any atom is -0.507 e. The van der Waals surface area contributed by atoms with Gasteiger partial charge in [-0.1, -0.05) is 46.4 Å². The quantitative estimate of drug-likeness (QED) is 0.0570. The van der Waals surface area contributed by atoms with Gasteiger partial charge in [-0.15, -0.1) is 11.6 Å². The van der Waals surface area contributed by atoms with Crippen molar-refractivity contribution in [2.24, 2.45) is 11.8 Å². The van der Waals surface area contributed by atoms with E-state index < -0.39 is 0 Å². The van der Waals surface area contributed by atoms with Crippen LogP contribution in [0.2, 0.25) is 20.1 Å². The summed E-state index contributed by atoms with van der Waals surface area (Å²) in [5.74, 6) is 2.89. The summed E-state index contributed by atoms with van der Waals surface area (Å²) in [5, 5.41) is 26.4. The number of ether oxygens (including phenoxy) is 1. The van der Waals surface area contributed by atoms with E-state index in [2.05, 4.69) is 40.8 Å². The molecule has 4 bridgehead atoms. The molecule has 0 atom stereocenters. The Bertz CT molecular complexity index is 2920. The zero-order valence-corrected chi connectivity index (χ0v) is 42.2. The number of nitrogens with one attached hydrogen (secondary N) is 2. The lowest BCUT2D eigenvalue weighted by molar-refractivity contribution is -0.0436. The van der Waals surface area contributed by atoms with Gasteiger partial charge in [0.15, 0.2) is 0 Å². The lowest BCUT2D eigenvalue weighted by atomic mass is 9.50. The SMILES string of the molecule is ClCCCn1cccn1.Nc1nc2c(c(-c3c(Cl)cc(Cl)cc3OCCCn3cccn3)n1)CN(C(=O)NC13CC(C1)C3)C2.Nc1nc2c(c(-c3c(O)cc(Cl)cc3Cl)n1)CN(C(=O)NC13CC(C1)C3)C2. The minimum absolute atomic E-state index is 0.000723. The zero-order chi connectivity index (χ0) is 49.6. The van der Waals surface area contributed by atoms with E-state index in [1.807, 2.05) is 33.9 Å². The fraction of sp³-hybridized carbons (Fsp3) is 0.417. The molecule has 18 nitrogen and oxygen atoms in total. The fourth-order valence-corrected chi connectivity index (χ4v) is 11.6. The number of phenolic OH excluding ortho intramolecular Hbond substituents is 1. The molecule has 6 aromatic rings. The number of aryl methyl sites for hydroxylation is 2. The maximum absolute atomic E-state index is 13.0. The van der Waals surface area contributed by atoms with Crippen LogP contribution in [0.15, 0.2) is 61.2 Å². The van der Waals surface area contributed by atoms with Crippen molar-refractivity contribution in [1.82, 2.24) is 59.9 Å². The predicted molar refractivity (Wildman–Crippen MR) is 271 cm³/mol. The summed E-state index contributed by atoms with van der Waals surface area (Å²) in [7, 11) is 0. The summed E-state index contributed by atoms with van der Waals surface area (Å²) in [4.78, 5) is 46.6. The first-order valence-electron chi connectivity index (χ1n) is 23.4. The molecule has 8 aliphatic rings. The summed E-state index contributed by atoms with van der Waals surface area (Å²) in [6.07, 6.45) is 15.6. The number of carbonyl (C=O) groups excluding carboxylic acids is 2. The number of aromatic hydroxyl groups is 1. The fourth-order valence-electron chi connectivity index (χ4n) is 10.3. The first-order valence-corrected chi connectivity index (χ1v) is 25.5. The van der Waals surface area contributed by atoms with Gasteiger partial charge in [-0.3, -0.25) is 9.36 Å². The molecule has 6 heterocycles. The van der Waals surface area contributed by atoms with E-state index in [0.717, 1.165) is 93.1 Å². The van der Waals surface area contributed by atoms with Crippen LogP contribution in [0, 0.1) is 11.8 Å². The van der Waals surface area contributed by atoms with Gasteiger partial charge in [-0.05, 0) is 93.2 Å². The van der Waals surface area contributed by atoms with Crippen molar-refractivity contribution in [1.29, 1.82) is 0 Å². The molecule has 6 aliphatic carbocycles. The number of amides is 4. The number of hydrogen-bond acceptors (Lipinski definition) is 12. The number of phenols is 1. The number of benzene rings is 2. The molecule has 4 aromatic heterocycles. The van der Waals surface area contributed by atoms with Crippen LogP contribution in [-0.2, 0) is 39.3 Å². The van der Waals surface area contributed by atoms with Gasteiger partial charge in [0.05, 0.1) is 76.7 Å². The molecule has 7 N–H and O–H groups in total. The maximum Gasteiger partial charge on any atom is 0.318 e. The number of nitrogen functional groups attached to an aromatic ring is 2. The molecule has 71 heavy (non-hydrogen) atoms. The molecule has 2 aliphatic heterocycles. The Balaban J connectivity index is 0.000000143. The minimum atomic E-state index is -0.109. The topological polar surface area (TPSA) is 233 Å². The van der Waals surface area contributed by atoms with Gasteiger partial charge < -0.3 is 41.7 Å². The number of urea groups is 2. The molecule has 6 saturated carbocycles. The van der Waals surface area contributed by atoms with E-state index in [4.69, 9.17) is 74.2 Å². The van der Waals surface area contributed by atoms with Gasteiger partial charge in [0, 0.05) is 82.4 Å². The normalized spacial score (nSPS) is 21.4. The number of halogens is 5. The second-order valence-electron chi connectivity index (χ2n) is 19.1. The number of nitrogens with zero attached hydrogens (tertiary/aromatic N) is 10. The highest BCUT2D eigenvalue weighted by atomic mass is 35.5. The number of rotatable bonds is 12. The molecule has 372 valence electrons. The van der Waals surface area contributed by atoms with Crippen molar-refractivity contribution < 1.29 is 19.4 Å². The number of aromatic nitrogens is 8. The van der Waals surface area contributed by atoms with Crippen LogP contribution in [0.25, 0.3) is 22.5 Å². The Kier molecular flexibility index (Phi) is 13.8. The van der Waals surface area contributed by atoms with Gasteiger partial charge in [0.1, 0.15) is 11.5 Å². The molecular weight excluding hydrogens is 1010 g/mol. The number of carbonyl (C=O) groups is 2. The Morgan fingerprint density at radius 3 is 1.61 bits per heavy atom. The number of nitrogens with two attached hydrogens (primary N) is 2. The van der Waals surface area contributed by atoms with E-state index in [9.17, 15) is 14.7 Å². The third-order valence-corrected chi connectivity index (χ3v) is 15.2. The summed E-state index contributed by atoms with van der Waals surface area (Å²) in [5.41, 5.74) is 16.8. The summed E-state index contributed by atoms with van der Waals surface area (Å²) in [6, 6.07) is 9.92. The second-order valence-corrected chi connectivity index (χ2v) is 21.2. The highest BCUT2D eigenvalue weighted by Crippen LogP contribution is 2.58. The van der Waals surface area contributed by atoms with E-state index in [1.54, 1.807) is 34.3 Å². The van der Waals surface area contributed by atoms with Gasteiger partial charge >= 0.3 is 12.1 Å². The summed E-state index contributed by atoms with van der Waals surface area (Å²) >= 11 is 30.7. The molecule has 6 fully saturated rings. The van der Waals surface area contributed by atoms with Crippen molar-refractivity contribution in [3.63, 3.8) is 0 Å². The molecule has 0 unspecified atom stereocenters. The first kappa shape index (κ1) is 48.8. The second kappa shape index (κ2) is 20.0. The summed E-state index contributed by atoms with van der Waals surface area (Å²) in [6.45, 7) is 3.49. The number of anilines is 2. The average molecular weight is 1070 g/mol. The van der Waals surface area contributed by atoms with Crippen molar-refractivity contribution in [3.05, 3.63) is 104 Å². The van der Waals surface area contributed by atoms with E-state index >= 15 is 0 Å². The van der Waals surface area contributed by atoms with Crippen LogP contribution in [0.4, 0.5) is 21.5 Å². The highest BCUT2D eigenvalue weighted by molar-refractivity contribution is 6.37. The van der Waals surface area contributed by atoms with Crippen LogP contribution in [-0.4, -0.2) is 90.0 Å². The zero-order valence-electron chi connectivity index (χ0n) is 38.4. The van der Waals surface area contributed by atoms with Crippen molar-refractivity contribution in [2.45, 2.75) is 102 Å². The Morgan fingerprint density at radius 1 is 0.676 bits per heavy atom. The third kappa shape index (κ3) is 10.3. The molecule has 23 heteroatoms. The largest absolute Gasteiger partial charge is 0.507 e. The van der Waals surface area contributed by atoms with Gasteiger partial charge in [-0.2, -0.15) is 10.2 Å². The molecule has 4 amide bonds. The van der Waals surface area contributed by atoms with E-state index in [0.29, 0.717) is 87.7 Å². The van der Waals surface area contributed by atoms with Crippen LogP contribution < -0.4 is 26.8 Å². The first-order chi connectivity index (χ1) is 34.2. The van der Waals surface area contributed by atoms with Crippen molar-refractivity contribution >= 4 is 82.0 Å². The van der Waals surface area contributed by atoms with Gasteiger partial charge in [0.25, 0.3) is 0 Å². The van der Waals surface area contributed by atoms with Gasteiger partial charge in [0.2, 0.25) is 11.9 Å². The van der Waals surface area contributed by atoms with Crippen LogP contribution >= 0.6 is 58.0 Å². The Morgan fingerprint density at radius 2 is 1.15 bits per heavy atom. The van der Waals surface area contributed by atoms with E-state index in [1.165, 1.54) is 12.1 Å². The number of hydrogen-bond donors (Lipinski definition) is 5. The van der Waals surface area contributed by atoms with Crippen LogP contribution in [0.1, 0.15) is 73.9 Å². The smallest absolute Gasteiger partial charge is 0.318 e. The standard InChI is InChI=1S/C24H25Cl2N7O2.C18H17Cl2N5O2.C6H9ClN2/c25-15-7-17(26)20(19(8-15)35-6-2-5-33-4-1-3-28-33)21-16-12-32(13-18(16)29-22(27)30-21)23(34)31-24-9-14(10-24)11-24;19-9-1-11(20)14(13(26)2-9)15-10-6-25(7-12(10)22-16(21)23-15)17(27)24-18-3-8(4-18)5-18;7-3-1-5-9-6-2-4-8-9/h1,3-4,7-8,14H,2,5-6,9-13H2,(H,31,34)(H2,27,29,30);1-2,8,26H,3-7H2,(H,24,27)(H2,21,22,23);2,4,6H,1,3,5H2. The molecular formula is C48H51Cl5N14O4. The highest BCUT2D eigenvalue weighted by Gasteiger charge is 2.58. The lowest BCUT2D eigenvalue weighted by Gasteiger charge is -2.61. The third-order valence-electron chi connectivity index (χ3n) is 13.9.